The van der Waals surface area contributed by atoms with Crippen LogP contribution in [0.1, 0.15) is 38.3 Å². The average molecular weight is 306 g/mol. The molecule has 0 amide bonds. The van der Waals surface area contributed by atoms with Crippen molar-refractivity contribution in [1.29, 1.82) is 0 Å². The van der Waals surface area contributed by atoms with Crippen LogP contribution in [0.25, 0.3) is 10.6 Å². The average Bonchev–Trinajstić information content (AvgIpc) is 2.79. The quantitative estimate of drug-likeness (QED) is 0.840. The number of nitrogens with one attached hydrogen (secondary N) is 1. The highest BCUT2D eigenvalue weighted by molar-refractivity contribution is 7.15. The summed E-state index contributed by atoms with van der Waals surface area (Å²) in [6.07, 6.45) is 0.931. The smallest absolute Gasteiger partial charge is 0.133 e. The van der Waals surface area contributed by atoms with Crippen LogP contribution in [0.3, 0.4) is 0 Å². The first-order valence-corrected chi connectivity index (χ1v) is 8.26. The minimum atomic E-state index is -0.203. The standard InChI is InChI=1S/C17H23FN2S/c1-11(2)9-15-16(10-19-12(3)4)21-17(20-15)13-7-5-6-8-14(13)18/h5-8,11-12,19H,9-10H2,1-4H3. The molecule has 0 fully saturated rings. The number of halogens is 1. The molecule has 0 spiro atoms. The minimum absolute atomic E-state index is 0.203. The second-order valence-electron chi connectivity index (χ2n) is 6.00. The van der Waals surface area contributed by atoms with Gasteiger partial charge < -0.3 is 5.32 Å². The molecule has 0 aliphatic rings. The van der Waals surface area contributed by atoms with Gasteiger partial charge in [-0.3, -0.25) is 0 Å². The molecule has 21 heavy (non-hydrogen) atoms. The maximum Gasteiger partial charge on any atom is 0.133 e. The van der Waals surface area contributed by atoms with E-state index < -0.39 is 0 Å². The maximum atomic E-state index is 13.9. The van der Waals surface area contributed by atoms with Crippen LogP contribution in [0, 0.1) is 11.7 Å². The first kappa shape index (κ1) is 16.1. The molecular weight excluding hydrogens is 283 g/mol. The van der Waals surface area contributed by atoms with Gasteiger partial charge in [-0.25, -0.2) is 9.37 Å². The van der Waals surface area contributed by atoms with Crippen molar-refractivity contribution in [3.63, 3.8) is 0 Å². The van der Waals surface area contributed by atoms with Gasteiger partial charge >= 0.3 is 0 Å². The van der Waals surface area contributed by atoms with Crippen molar-refractivity contribution in [2.45, 2.75) is 46.7 Å². The van der Waals surface area contributed by atoms with Crippen LogP contribution >= 0.6 is 11.3 Å². The van der Waals surface area contributed by atoms with Crippen LogP contribution in [-0.4, -0.2) is 11.0 Å². The van der Waals surface area contributed by atoms with Gasteiger partial charge in [0.05, 0.1) is 5.69 Å². The van der Waals surface area contributed by atoms with Crippen molar-refractivity contribution in [1.82, 2.24) is 10.3 Å². The van der Waals surface area contributed by atoms with Gasteiger partial charge in [-0.15, -0.1) is 11.3 Å². The molecule has 0 unspecified atom stereocenters. The first-order chi connectivity index (χ1) is 9.97. The summed E-state index contributed by atoms with van der Waals surface area (Å²) < 4.78 is 13.9. The lowest BCUT2D eigenvalue weighted by atomic mass is 10.1. The number of benzene rings is 1. The van der Waals surface area contributed by atoms with Crippen molar-refractivity contribution < 1.29 is 4.39 Å². The molecule has 0 aliphatic heterocycles. The highest BCUT2D eigenvalue weighted by Gasteiger charge is 2.16. The van der Waals surface area contributed by atoms with Crippen LogP contribution in [0.15, 0.2) is 24.3 Å². The first-order valence-electron chi connectivity index (χ1n) is 7.44. The Morgan fingerprint density at radius 2 is 1.90 bits per heavy atom. The topological polar surface area (TPSA) is 24.9 Å². The normalized spacial score (nSPS) is 11.6. The summed E-state index contributed by atoms with van der Waals surface area (Å²) >= 11 is 1.60. The molecule has 1 aromatic carbocycles. The Morgan fingerprint density at radius 1 is 1.19 bits per heavy atom. The van der Waals surface area contributed by atoms with Crippen molar-refractivity contribution >= 4 is 11.3 Å². The number of aromatic nitrogens is 1. The van der Waals surface area contributed by atoms with Crippen molar-refractivity contribution in [3.8, 4) is 10.6 Å². The Hall–Kier alpha value is -1.26. The summed E-state index contributed by atoms with van der Waals surface area (Å²) in [5, 5.41) is 4.21. The summed E-state index contributed by atoms with van der Waals surface area (Å²) in [6.45, 7) is 9.41. The lowest BCUT2D eigenvalue weighted by molar-refractivity contribution is 0.581. The zero-order valence-electron chi connectivity index (χ0n) is 13.1. The fraction of sp³-hybridized carbons (Fsp3) is 0.471. The lowest BCUT2D eigenvalue weighted by Gasteiger charge is -2.08. The second-order valence-corrected chi connectivity index (χ2v) is 7.09. The van der Waals surface area contributed by atoms with E-state index in [-0.39, 0.29) is 5.82 Å². The molecule has 4 heteroatoms. The van der Waals surface area contributed by atoms with Crippen molar-refractivity contribution in [3.05, 3.63) is 40.7 Å². The molecule has 2 aromatic rings. The molecule has 0 radical (unpaired) electrons. The molecule has 0 bridgehead atoms. The zero-order chi connectivity index (χ0) is 15.4. The highest BCUT2D eigenvalue weighted by Crippen LogP contribution is 2.31. The molecule has 2 rings (SSSR count). The van der Waals surface area contributed by atoms with E-state index in [4.69, 9.17) is 4.98 Å². The molecule has 1 N–H and O–H groups in total. The van der Waals surface area contributed by atoms with Gasteiger partial charge in [-0.2, -0.15) is 0 Å². The third kappa shape index (κ3) is 4.35. The fourth-order valence-electron chi connectivity index (χ4n) is 2.11. The predicted octanol–water partition coefficient (Wildman–Crippen LogP) is 4.65. The van der Waals surface area contributed by atoms with Crippen LogP contribution in [0.4, 0.5) is 4.39 Å². The van der Waals surface area contributed by atoms with E-state index in [1.54, 1.807) is 23.5 Å². The maximum absolute atomic E-state index is 13.9. The predicted molar refractivity (Wildman–Crippen MR) is 88.0 cm³/mol. The third-order valence-corrected chi connectivity index (χ3v) is 4.29. The van der Waals surface area contributed by atoms with E-state index in [1.807, 2.05) is 6.07 Å². The monoisotopic (exact) mass is 306 g/mol. The summed E-state index contributed by atoms with van der Waals surface area (Å²) in [4.78, 5) is 5.92. The lowest BCUT2D eigenvalue weighted by Crippen LogP contribution is -2.22. The van der Waals surface area contributed by atoms with Gasteiger partial charge in [0.1, 0.15) is 10.8 Å². The SMILES string of the molecule is CC(C)Cc1nc(-c2ccccc2F)sc1CNC(C)C. The van der Waals surface area contributed by atoms with Gasteiger partial charge in [-0.1, -0.05) is 39.8 Å². The van der Waals surface area contributed by atoms with Gasteiger partial charge in [0.25, 0.3) is 0 Å². The Labute approximate surface area is 130 Å². The molecule has 1 aromatic heterocycles. The Bertz CT molecular complexity index is 590. The Kier molecular flexibility index (Phi) is 5.48. The van der Waals surface area contributed by atoms with Crippen molar-refractivity contribution in [2.75, 3.05) is 0 Å². The summed E-state index contributed by atoms with van der Waals surface area (Å²) in [7, 11) is 0. The molecule has 2 nitrogen and oxygen atoms in total. The summed E-state index contributed by atoms with van der Waals surface area (Å²) in [5.74, 6) is 0.337. The summed E-state index contributed by atoms with van der Waals surface area (Å²) in [5.41, 5.74) is 1.70. The van der Waals surface area contributed by atoms with Crippen LogP contribution in [0.2, 0.25) is 0 Å². The van der Waals surface area contributed by atoms with Gasteiger partial charge in [0.2, 0.25) is 0 Å². The largest absolute Gasteiger partial charge is 0.310 e. The summed E-state index contributed by atoms with van der Waals surface area (Å²) in [6, 6.07) is 7.28. The number of thiazole rings is 1. The van der Waals surface area contributed by atoms with Gasteiger partial charge in [0.15, 0.2) is 0 Å². The highest BCUT2D eigenvalue weighted by atomic mass is 32.1. The van der Waals surface area contributed by atoms with E-state index in [9.17, 15) is 4.39 Å². The molecular formula is C17H23FN2S. The molecule has 0 saturated heterocycles. The van der Waals surface area contributed by atoms with Crippen LogP contribution in [0.5, 0.6) is 0 Å². The number of rotatable bonds is 6. The molecule has 0 atom stereocenters. The third-order valence-electron chi connectivity index (χ3n) is 3.15. The van der Waals surface area contributed by atoms with E-state index >= 15 is 0 Å². The molecule has 0 aliphatic carbocycles. The van der Waals surface area contributed by atoms with Gasteiger partial charge in [-0.05, 0) is 24.5 Å². The zero-order valence-corrected chi connectivity index (χ0v) is 13.9. The van der Waals surface area contributed by atoms with Crippen LogP contribution in [-0.2, 0) is 13.0 Å². The van der Waals surface area contributed by atoms with Gasteiger partial charge in [0, 0.05) is 23.0 Å². The number of hydrogen-bond donors (Lipinski definition) is 1. The Morgan fingerprint density at radius 3 is 2.52 bits per heavy atom. The van der Waals surface area contributed by atoms with E-state index in [0.717, 1.165) is 23.7 Å². The van der Waals surface area contributed by atoms with E-state index in [0.29, 0.717) is 17.5 Å². The van der Waals surface area contributed by atoms with Crippen molar-refractivity contribution in [2.24, 2.45) is 5.92 Å². The Balaban J connectivity index is 2.33. The molecule has 0 saturated carbocycles. The van der Waals surface area contributed by atoms with Crippen LogP contribution < -0.4 is 5.32 Å². The molecule has 114 valence electrons. The number of hydrogen-bond acceptors (Lipinski definition) is 3. The minimum Gasteiger partial charge on any atom is -0.310 e. The van der Waals surface area contributed by atoms with E-state index in [2.05, 4.69) is 33.0 Å². The molecule has 1 heterocycles. The second kappa shape index (κ2) is 7.14. The van der Waals surface area contributed by atoms with E-state index in [1.165, 1.54) is 10.9 Å². The fourth-order valence-corrected chi connectivity index (χ4v) is 3.18. The number of nitrogens with zero attached hydrogens (tertiary/aromatic N) is 1.